The van der Waals surface area contributed by atoms with Gasteiger partial charge in [0.05, 0.1) is 42.1 Å². The Bertz CT molecular complexity index is 3810. The fraction of sp³-hybridized carbons (Fsp3) is 0.612. The summed E-state index contributed by atoms with van der Waals surface area (Å²) < 4.78 is 56.7. The van der Waals surface area contributed by atoms with Gasteiger partial charge in [0, 0.05) is 109 Å². The third kappa shape index (κ3) is 8.55. The van der Waals surface area contributed by atoms with Crippen LogP contribution < -0.4 is 30.1 Å². The molecule has 4 unspecified atom stereocenters. The standard InChI is InChI=1S/C67H81F2N5O12/c1-32-29-71(57-53(68)33(2)48-55(61(57)84-8)73(39-13-14-39)35(4)50(59(48)78)63(80)81)25-20-46(32)86-64(82)51-36(5)74(40-15-16-40)56-49(60(51)79)34(3)54(69)58(62(56)85-9)72-30-37-11-10-24-70(44(37)31-72)26-21-47(77)67(83)23-19-43-42-17-12-38-27-41(75)18-22-65(38,6)52(42)45(76)28-66(43,67)7/h18,22,27,32,37,39-40,42-46,52,76,83H,10-17,19-21,23-26,28-31H2,1-9H3,(H,80,81)/t32?,37?,42-,43-,44?,45-,46?,52+,65-,66-,67-/m0/s1. The molecule has 3 N–H and O–H groups in total. The fourth-order valence-electron chi connectivity index (χ4n) is 18.4. The first kappa shape index (κ1) is 58.6. The first-order valence-electron chi connectivity index (χ1n) is 31.4. The van der Waals surface area contributed by atoms with Gasteiger partial charge in [-0.25, -0.2) is 18.4 Å². The lowest BCUT2D eigenvalue weighted by Crippen LogP contribution is -2.61. The molecule has 3 aliphatic heterocycles. The number of esters is 1. The van der Waals surface area contributed by atoms with Crippen LogP contribution >= 0.6 is 0 Å². The van der Waals surface area contributed by atoms with Gasteiger partial charge in [0.25, 0.3) is 0 Å². The quantitative estimate of drug-likeness (QED) is 0.107. The lowest BCUT2D eigenvalue weighted by Gasteiger charge is -2.59. The number of rotatable bonds is 13. The summed E-state index contributed by atoms with van der Waals surface area (Å²) in [6.07, 6.45) is 11.9. The van der Waals surface area contributed by atoms with Gasteiger partial charge in [-0.3, -0.25) is 24.1 Å². The molecule has 11 atom stereocenters. The van der Waals surface area contributed by atoms with E-state index in [0.717, 1.165) is 63.5 Å². The van der Waals surface area contributed by atoms with E-state index in [1.165, 1.54) is 21.1 Å². The molecule has 2 aromatic heterocycles. The van der Waals surface area contributed by atoms with Crippen LogP contribution in [0.15, 0.2) is 33.4 Å². The van der Waals surface area contributed by atoms with Gasteiger partial charge in [-0.05, 0) is 135 Å². The second-order valence-electron chi connectivity index (χ2n) is 27.5. The fourth-order valence-corrected chi connectivity index (χ4v) is 18.4. The smallest absolute Gasteiger partial charge is 0.344 e. The van der Waals surface area contributed by atoms with Crippen molar-refractivity contribution >= 4 is 56.7 Å². The van der Waals surface area contributed by atoms with Crippen LogP contribution in [0.25, 0.3) is 21.8 Å². The summed E-state index contributed by atoms with van der Waals surface area (Å²) in [5.41, 5.74) is -1.93. The minimum atomic E-state index is -1.60. The summed E-state index contributed by atoms with van der Waals surface area (Å²) in [7, 11) is 2.88. The van der Waals surface area contributed by atoms with Gasteiger partial charge in [0.1, 0.15) is 34.2 Å². The van der Waals surface area contributed by atoms with Crippen LogP contribution in [0.5, 0.6) is 11.5 Å². The maximum absolute atomic E-state index is 17.6. The van der Waals surface area contributed by atoms with E-state index >= 15 is 13.6 Å². The molecule has 0 radical (unpaired) electrons. The topological polar surface area (TPSA) is 210 Å². The van der Waals surface area contributed by atoms with Crippen LogP contribution in [0.4, 0.5) is 20.2 Å². The van der Waals surface area contributed by atoms with E-state index in [4.69, 9.17) is 14.2 Å². The number of ether oxygens (including phenoxy) is 3. The van der Waals surface area contributed by atoms with Gasteiger partial charge in [0.15, 0.2) is 34.7 Å². The second kappa shape index (κ2) is 20.8. The summed E-state index contributed by atoms with van der Waals surface area (Å²) >= 11 is 0. The molecule has 0 bridgehead atoms. The number of anilines is 2. The number of aromatic nitrogens is 2. The maximum Gasteiger partial charge on any atom is 0.344 e. The Balaban J connectivity index is 0.739. The number of Topliss-reactive ketones (excluding diaryl/α,β-unsaturated/α-hetero) is 1. The third-order valence-corrected chi connectivity index (χ3v) is 23.0. The zero-order valence-electron chi connectivity index (χ0n) is 50.9. The molecular weight excluding hydrogens is 1100 g/mol. The Kier molecular flexibility index (Phi) is 14.2. The minimum absolute atomic E-state index is 0.0123. The molecule has 17 nitrogen and oxygen atoms in total. The summed E-state index contributed by atoms with van der Waals surface area (Å²) in [5, 5.41) is 34.7. The van der Waals surface area contributed by atoms with Crippen molar-refractivity contribution in [2.75, 3.05) is 63.3 Å². The molecule has 5 saturated carbocycles. The molecule has 5 heterocycles. The number of nitrogens with zero attached hydrogens (tertiary/aromatic N) is 5. The van der Waals surface area contributed by atoms with Crippen molar-refractivity contribution in [3.8, 4) is 11.5 Å². The molecule has 0 amide bonds. The van der Waals surface area contributed by atoms with E-state index in [-0.39, 0.29) is 135 Å². The van der Waals surface area contributed by atoms with Gasteiger partial charge >= 0.3 is 11.9 Å². The van der Waals surface area contributed by atoms with Gasteiger partial charge in [-0.15, -0.1) is 0 Å². The molecule has 2 aromatic carbocycles. The van der Waals surface area contributed by atoms with Crippen molar-refractivity contribution in [1.29, 1.82) is 0 Å². The largest absolute Gasteiger partial charge is 0.492 e. The van der Waals surface area contributed by atoms with E-state index in [9.17, 15) is 39.3 Å². The molecule has 9 aliphatic rings. The number of aliphatic hydroxyl groups excluding tert-OH is 1. The number of methoxy groups -OCH3 is 2. The van der Waals surface area contributed by atoms with E-state index in [0.29, 0.717) is 55.6 Å². The number of aryl methyl sites for hydroxylation is 2. The average Bonchev–Trinajstić information content (AvgIpc) is 1.29. The summed E-state index contributed by atoms with van der Waals surface area (Å²) in [4.78, 5) is 89.1. The predicted molar refractivity (Wildman–Crippen MR) is 320 cm³/mol. The number of carbonyl (C=O) groups is 4. The predicted octanol–water partition coefficient (Wildman–Crippen LogP) is 9.15. The lowest BCUT2D eigenvalue weighted by molar-refractivity contribution is -0.177. The number of likely N-dealkylation sites (tertiary alicyclic amines) is 1. The van der Waals surface area contributed by atoms with Crippen molar-refractivity contribution in [2.45, 2.75) is 168 Å². The Morgan fingerprint density at radius 3 is 1.97 bits per heavy atom. The molecule has 4 aromatic rings. The number of aliphatic hydroxyl groups is 2. The van der Waals surface area contributed by atoms with Crippen LogP contribution in [0.3, 0.4) is 0 Å². The second-order valence-corrected chi connectivity index (χ2v) is 27.5. The van der Waals surface area contributed by atoms with Crippen molar-refractivity contribution in [1.82, 2.24) is 14.0 Å². The molecule has 86 heavy (non-hydrogen) atoms. The van der Waals surface area contributed by atoms with E-state index in [1.807, 2.05) is 34.3 Å². The first-order valence-corrected chi connectivity index (χ1v) is 31.4. The SMILES string of the molecule is COc1c(N2CCC(OC(=O)c3c(C)n(C4CC4)c4c(OC)c(N5CC6CCCN(CCC(=O)[C@@]7(O)CC[C@H]8[C@@H]9CCC%10=CC(=O)C=C[C@]%10(C)[C@H]9[C@@H](O)C[C@@]87C)C6C5)c(F)c(C)c4c3=O)C(C)C2)c(F)c(C)c2c(=O)c(C(=O)O)c(C)n(C3CC3)c12. The molecule has 6 aliphatic carbocycles. The van der Waals surface area contributed by atoms with Crippen molar-refractivity contribution in [2.24, 2.45) is 40.4 Å². The van der Waals surface area contributed by atoms with Crippen LogP contribution in [0.2, 0.25) is 0 Å². The van der Waals surface area contributed by atoms with Gasteiger partial charge in [0.2, 0.25) is 10.9 Å². The number of ketones is 2. The number of hydrogen-bond acceptors (Lipinski definition) is 14. The summed E-state index contributed by atoms with van der Waals surface area (Å²) in [5.74, 6) is -3.67. The zero-order valence-corrected chi connectivity index (χ0v) is 50.9. The molecule has 8 fully saturated rings. The maximum atomic E-state index is 17.6. The first-order chi connectivity index (χ1) is 40.9. The van der Waals surface area contributed by atoms with Gasteiger partial charge in [-0.2, -0.15) is 0 Å². The highest BCUT2D eigenvalue weighted by Gasteiger charge is 2.68. The number of benzene rings is 2. The minimum Gasteiger partial charge on any atom is -0.492 e. The Morgan fingerprint density at radius 1 is 0.767 bits per heavy atom. The van der Waals surface area contributed by atoms with Crippen molar-refractivity contribution in [3.05, 3.63) is 89.5 Å². The molecule has 3 saturated heterocycles. The number of fused-ring (bicyclic) bond motifs is 8. The van der Waals surface area contributed by atoms with E-state index < -0.39 is 74.6 Å². The molecular formula is C67H81F2N5O12. The molecule has 0 spiro atoms. The Labute approximate surface area is 498 Å². The van der Waals surface area contributed by atoms with Crippen LogP contribution in [0, 0.1) is 79.7 Å². The number of aromatic carboxylic acids is 1. The van der Waals surface area contributed by atoms with Gasteiger partial charge in [-0.1, -0.05) is 32.4 Å². The average molecular weight is 1190 g/mol. The molecule has 13 rings (SSSR count). The zero-order chi connectivity index (χ0) is 61.1. The van der Waals surface area contributed by atoms with E-state index in [1.54, 1.807) is 37.5 Å². The summed E-state index contributed by atoms with van der Waals surface area (Å²) in [6.45, 7) is 14.9. The van der Waals surface area contributed by atoms with Crippen molar-refractivity contribution in [3.63, 3.8) is 0 Å². The van der Waals surface area contributed by atoms with Crippen LogP contribution in [-0.2, 0) is 14.3 Å². The number of carbonyl (C=O) groups excluding carboxylic acids is 3. The van der Waals surface area contributed by atoms with Crippen LogP contribution in [-0.4, -0.2) is 130 Å². The normalized spacial score (nSPS) is 31.6. The summed E-state index contributed by atoms with van der Waals surface area (Å²) in [6, 6.07) is -0.213. The Hall–Kier alpha value is -6.44. The molecule has 19 heteroatoms. The monoisotopic (exact) mass is 1190 g/mol. The van der Waals surface area contributed by atoms with Gasteiger partial charge < -0.3 is 48.5 Å². The highest BCUT2D eigenvalue weighted by Crippen LogP contribution is 2.67. The Morgan fingerprint density at radius 2 is 1.37 bits per heavy atom. The van der Waals surface area contributed by atoms with E-state index in [2.05, 4.69) is 11.8 Å². The number of halogens is 2. The number of allylic oxidation sites excluding steroid dienone is 4. The highest BCUT2D eigenvalue weighted by atomic mass is 19.1. The van der Waals surface area contributed by atoms with Crippen molar-refractivity contribution < 1.29 is 57.5 Å². The number of piperidine rings is 2. The molecule has 460 valence electrons. The lowest BCUT2D eigenvalue weighted by atomic mass is 9.46. The number of carboxylic acid groups (broad SMARTS) is 1. The number of pyridine rings is 2. The number of carboxylic acids is 1. The third-order valence-electron chi connectivity index (χ3n) is 23.0. The van der Waals surface area contributed by atoms with Crippen LogP contribution in [0.1, 0.15) is 160 Å². The number of hydrogen-bond donors (Lipinski definition) is 3. The highest BCUT2D eigenvalue weighted by molar-refractivity contribution is 6.03.